The van der Waals surface area contributed by atoms with Crippen molar-refractivity contribution in [2.24, 2.45) is 0 Å². The predicted molar refractivity (Wildman–Crippen MR) is 102 cm³/mol. The quantitative estimate of drug-likeness (QED) is 0.692. The lowest BCUT2D eigenvalue weighted by molar-refractivity contribution is -0.122. The number of amides is 1. The van der Waals surface area contributed by atoms with Gasteiger partial charge in [0.05, 0.1) is 13.0 Å². The van der Waals surface area contributed by atoms with Gasteiger partial charge in [-0.15, -0.1) is 0 Å². The Bertz CT molecular complexity index is 882. The summed E-state index contributed by atoms with van der Waals surface area (Å²) in [5.74, 6) is -0.169. The van der Waals surface area contributed by atoms with Gasteiger partial charge < -0.3 is 10.1 Å². The number of pyridine rings is 1. The first-order chi connectivity index (χ1) is 13.2. The first kappa shape index (κ1) is 18.6. The molecule has 0 aliphatic heterocycles. The van der Waals surface area contributed by atoms with Crippen molar-refractivity contribution in [3.8, 4) is 5.75 Å². The van der Waals surface area contributed by atoms with E-state index in [1.807, 2.05) is 36.4 Å². The Morgan fingerprint density at radius 1 is 1.11 bits per heavy atom. The van der Waals surface area contributed by atoms with Gasteiger partial charge in [0.25, 0.3) is 0 Å². The molecule has 27 heavy (non-hydrogen) atoms. The molecular weight excluding hydrogens is 343 g/mol. The Morgan fingerprint density at radius 3 is 2.59 bits per heavy atom. The number of hydrogen-bond acceptors (Lipinski definition) is 3. The van der Waals surface area contributed by atoms with E-state index in [2.05, 4.69) is 10.3 Å². The van der Waals surface area contributed by atoms with Gasteiger partial charge in [-0.25, -0.2) is 4.39 Å². The van der Waals surface area contributed by atoms with Crippen LogP contribution >= 0.6 is 0 Å². The molecule has 5 heteroatoms. The summed E-state index contributed by atoms with van der Waals surface area (Å²) < 4.78 is 18.6. The highest BCUT2D eigenvalue weighted by Crippen LogP contribution is 2.23. The molecule has 138 valence electrons. The molecule has 0 aliphatic carbocycles. The first-order valence-electron chi connectivity index (χ1n) is 8.71. The third-order valence-electron chi connectivity index (χ3n) is 4.40. The van der Waals surface area contributed by atoms with Crippen molar-refractivity contribution < 1.29 is 13.9 Å². The Labute approximate surface area is 158 Å². The van der Waals surface area contributed by atoms with Crippen LogP contribution in [0.2, 0.25) is 0 Å². The maximum atomic E-state index is 13.3. The Balaban J connectivity index is 1.78. The van der Waals surface area contributed by atoms with Crippen molar-refractivity contribution in [3.63, 3.8) is 0 Å². The number of benzene rings is 2. The SMILES string of the molecule is COc1ccccc1CNC(=O)C(Cc1cccnc1)c1ccc(F)cc1. The number of methoxy groups -OCH3 is 1. The summed E-state index contributed by atoms with van der Waals surface area (Å²) in [6.45, 7) is 0.355. The molecule has 3 aromatic rings. The second-order valence-corrected chi connectivity index (χ2v) is 6.20. The summed E-state index contributed by atoms with van der Waals surface area (Å²) in [7, 11) is 1.60. The van der Waals surface area contributed by atoms with E-state index in [1.54, 1.807) is 31.6 Å². The molecule has 1 amide bonds. The number of ether oxygens (including phenoxy) is 1. The smallest absolute Gasteiger partial charge is 0.228 e. The van der Waals surface area contributed by atoms with Gasteiger partial charge in [-0.3, -0.25) is 9.78 Å². The number of para-hydroxylation sites is 1. The minimum atomic E-state index is -0.440. The number of aromatic nitrogens is 1. The van der Waals surface area contributed by atoms with Crippen LogP contribution in [0.1, 0.15) is 22.6 Å². The Morgan fingerprint density at radius 2 is 1.89 bits per heavy atom. The summed E-state index contributed by atoms with van der Waals surface area (Å²) in [4.78, 5) is 17.1. The Kier molecular flexibility index (Phi) is 6.15. The van der Waals surface area contributed by atoms with E-state index >= 15 is 0 Å². The molecule has 0 bridgehead atoms. The lowest BCUT2D eigenvalue weighted by Gasteiger charge is -2.18. The van der Waals surface area contributed by atoms with E-state index in [0.717, 1.165) is 22.4 Å². The van der Waals surface area contributed by atoms with Crippen LogP contribution in [0.3, 0.4) is 0 Å². The van der Waals surface area contributed by atoms with Gasteiger partial charge in [-0.1, -0.05) is 36.4 Å². The number of hydrogen-bond donors (Lipinski definition) is 1. The molecule has 2 aromatic carbocycles. The van der Waals surface area contributed by atoms with E-state index in [9.17, 15) is 9.18 Å². The van der Waals surface area contributed by atoms with Crippen LogP contribution in [-0.2, 0) is 17.8 Å². The molecule has 1 atom stereocenters. The fraction of sp³-hybridized carbons (Fsp3) is 0.182. The van der Waals surface area contributed by atoms with Crippen molar-refractivity contribution in [1.82, 2.24) is 10.3 Å². The summed E-state index contributed by atoms with van der Waals surface area (Å²) in [6, 6.07) is 17.4. The van der Waals surface area contributed by atoms with Gasteiger partial charge >= 0.3 is 0 Å². The molecule has 0 fully saturated rings. The minimum absolute atomic E-state index is 0.128. The van der Waals surface area contributed by atoms with Crippen LogP contribution in [0.5, 0.6) is 5.75 Å². The van der Waals surface area contributed by atoms with Gasteiger partial charge in [-0.2, -0.15) is 0 Å². The van der Waals surface area contributed by atoms with Crippen LogP contribution in [-0.4, -0.2) is 18.0 Å². The van der Waals surface area contributed by atoms with Crippen LogP contribution in [0.25, 0.3) is 0 Å². The van der Waals surface area contributed by atoms with Gasteiger partial charge in [0, 0.05) is 24.5 Å². The highest BCUT2D eigenvalue weighted by Gasteiger charge is 2.21. The monoisotopic (exact) mass is 364 g/mol. The minimum Gasteiger partial charge on any atom is -0.496 e. The normalized spacial score (nSPS) is 11.6. The number of carbonyl (C=O) groups is 1. The predicted octanol–water partition coefficient (Wildman–Crippen LogP) is 3.87. The largest absolute Gasteiger partial charge is 0.496 e. The van der Waals surface area contributed by atoms with E-state index in [0.29, 0.717) is 13.0 Å². The molecule has 1 aromatic heterocycles. The lowest BCUT2D eigenvalue weighted by Crippen LogP contribution is -2.30. The fourth-order valence-corrected chi connectivity index (χ4v) is 2.97. The second-order valence-electron chi connectivity index (χ2n) is 6.20. The zero-order chi connectivity index (χ0) is 19.1. The number of nitrogens with zero attached hydrogens (tertiary/aromatic N) is 1. The standard InChI is InChI=1S/C22H21FN2O2/c1-27-21-7-3-2-6-18(21)15-25-22(26)20(13-16-5-4-12-24-14-16)17-8-10-19(23)11-9-17/h2-12,14,20H,13,15H2,1H3,(H,25,26). The van der Waals surface area contributed by atoms with Gasteiger partial charge in [0.2, 0.25) is 5.91 Å². The maximum Gasteiger partial charge on any atom is 0.228 e. The van der Waals surface area contributed by atoms with Crippen LogP contribution in [0.15, 0.2) is 73.1 Å². The van der Waals surface area contributed by atoms with Gasteiger partial charge in [0.15, 0.2) is 0 Å². The highest BCUT2D eigenvalue weighted by atomic mass is 19.1. The average Bonchev–Trinajstić information content (AvgIpc) is 2.72. The van der Waals surface area contributed by atoms with Crippen molar-refractivity contribution in [2.45, 2.75) is 18.9 Å². The van der Waals surface area contributed by atoms with Crippen molar-refractivity contribution in [1.29, 1.82) is 0 Å². The number of rotatable bonds is 7. The molecule has 0 saturated carbocycles. The number of nitrogens with one attached hydrogen (secondary N) is 1. The van der Waals surface area contributed by atoms with E-state index in [4.69, 9.17) is 4.74 Å². The summed E-state index contributed by atoms with van der Waals surface area (Å²) in [5.41, 5.74) is 2.60. The summed E-state index contributed by atoms with van der Waals surface area (Å²) >= 11 is 0. The van der Waals surface area contributed by atoms with E-state index in [1.165, 1.54) is 12.1 Å². The second kappa shape index (κ2) is 8.94. The topological polar surface area (TPSA) is 51.2 Å². The van der Waals surface area contributed by atoms with Crippen molar-refractivity contribution in [3.05, 3.63) is 95.6 Å². The molecule has 0 radical (unpaired) electrons. The Hall–Kier alpha value is -3.21. The molecule has 0 aliphatic rings. The molecule has 0 saturated heterocycles. The van der Waals surface area contributed by atoms with E-state index < -0.39 is 5.92 Å². The first-order valence-corrected chi connectivity index (χ1v) is 8.71. The molecule has 0 spiro atoms. The van der Waals surface area contributed by atoms with Crippen molar-refractivity contribution in [2.75, 3.05) is 7.11 Å². The van der Waals surface area contributed by atoms with Crippen LogP contribution in [0.4, 0.5) is 4.39 Å². The van der Waals surface area contributed by atoms with Crippen LogP contribution < -0.4 is 10.1 Å². The zero-order valence-corrected chi connectivity index (χ0v) is 15.1. The summed E-state index contributed by atoms with van der Waals surface area (Å²) in [5, 5.41) is 2.97. The molecule has 3 rings (SSSR count). The molecule has 1 heterocycles. The number of halogens is 1. The molecule has 4 nitrogen and oxygen atoms in total. The average molecular weight is 364 g/mol. The van der Waals surface area contributed by atoms with Gasteiger partial charge in [-0.05, 0) is 41.8 Å². The van der Waals surface area contributed by atoms with Crippen molar-refractivity contribution >= 4 is 5.91 Å². The zero-order valence-electron chi connectivity index (χ0n) is 15.1. The van der Waals surface area contributed by atoms with Crippen LogP contribution in [0, 0.1) is 5.82 Å². The van der Waals surface area contributed by atoms with E-state index in [-0.39, 0.29) is 11.7 Å². The maximum absolute atomic E-state index is 13.3. The molecule has 1 N–H and O–H groups in total. The highest BCUT2D eigenvalue weighted by molar-refractivity contribution is 5.84. The third kappa shape index (κ3) is 4.91. The third-order valence-corrected chi connectivity index (χ3v) is 4.40. The summed E-state index contributed by atoms with van der Waals surface area (Å²) in [6.07, 6.45) is 3.92. The fourth-order valence-electron chi connectivity index (χ4n) is 2.97. The molecule has 1 unspecified atom stereocenters. The lowest BCUT2D eigenvalue weighted by atomic mass is 9.91. The number of carbonyl (C=O) groups excluding carboxylic acids is 1. The van der Waals surface area contributed by atoms with Gasteiger partial charge in [0.1, 0.15) is 11.6 Å². The molecular formula is C22H21FN2O2.